The molecule has 0 spiro atoms. The van der Waals surface area contributed by atoms with E-state index in [0.29, 0.717) is 0 Å². The van der Waals surface area contributed by atoms with Crippen LogP contribution in [0.15, 0.2) is 28.7 Å². The maximum Gasteiger partial charge on any atom is 0.0175 e. The highest BCUT2D eigenvalue weighted by Gasteiger charge is 1.89. The van der Waals surface area contributed by atoms with Crippen LogP contribution in [0, 0.1) is 13.3 Å². The summed E-state index contributed by atoms with van der Waals surface area (Å²) >= 11 is 3.37. The molecule has 0 aliphatic rings. The number of benzene rings is 1. The van der Waals surface area contributed by atoms with Crippen molar-refractivity contribution < 1.29 is 0 Å². The van der Waals surface area contributed by atoms with E-state index >= 15 is 0 Å². The minimum Gasteiger partial charge on any atom is -0.0576 e. The van der Waals surface area contributed by atoms with Crippen molar-refractivity contribution in [2.45, 2.75) is 6.42 Å². The molecule has 1 heteroatoms. The molecule has 0 heterocycles. The van der Waals surface area contributed by atoms with Gasteiger partial charge in [-0.1, -0.05) is 35.0 Å². The maximum absolute atomic E-state index is 3.74. The van der Waals surface area contributed by atoms with Crippen LogP contribution < -0.4 is 0 Å². The molecule has 0 saturated carbocycles. The van der Waals surface area contributed by atoms with Crippen LogP contribution in [0.5, 0.6) is 0 Å². The highest BCUT2D eigenvalue weighted by atomic mass is 79.9. The van der Waals surface area contributed by atoms with Gasteiger partial charge in [-0.2, -0.15) is 0 Å². The zero-order valence-electron chi connectivity index (χ0n) is 5.68. The van der Waals surface area contributed by atoms with Crippen LogP contribution >= 0.6 is 15.9 Å². The number of hydrogen-bond donors (Lipinski definition) is 0. The summed E-state index contributed by atoms with van der Waals surface area (Å²) in [6.45, 7) is 3.74. The molecule has 0 aromatic heterocycles. The quantitative estimate of drug-likeness (QED) is 0.682. The molecule has 0 unspecified atom stereocenters. The Bertz CT molecular complexity index is 188. The van der Waals surface area contributed by atoms with Gasteiger partial charge in [0.1, 0.15) is 0 Å². The third-order valence-electron chi connectivity index (χ3n) is 1.25. The Kier molecular flexibility index (Phi) is 2.94. The Labute approximate surface area is 70.4 Å². The van der Waals surface area contributed by atoms with E-state index in [1.54, 1.807) is 0 Å². The van der Waals surface area contributed by atoms with Crippen molar-refractivity contribution >= 4 is 15.9 Å². The highest BCUT2D eigenvalue weighted by Crippen LogP contribution is 2.12. The lowest BCUT2D eigenvalue weighted by molar-refractivity contribution is 1.24. The molecule has 2 radical (unpaired) electrons. The molecular formula is C9H9Br. The summed E-state index contributed by atoms with van der Waals surface area (Å²) in [7, 11) is 0. The molecule has 0 amide bonds. The van der Waals surface area contributed by atoms with Gasteiger partial charge in [0.2, 0.25) is 0 Å². The predicted octanol–water partition coefficient (Wildman–Crippen LogP) is 3.23. The van der Waals surface area contributed by atoms with Gasteiger partial charge < -0.3 is 0 Å². The largest absolute Gasteiger partial charge is 0.0576 e. The van der Waals surface area contributed by atoms with Crippen LogP contribution in [-0.4, -0.2) is 0 Å². The second-order valence-corrected chi connectivity index (χ2v) is 2.96. The Morgan fingerprint density at radius 2 is 1.90 bits per heavy atom. The van der Waals surface area contributed by atoms with Crippen molar-refractivity contribution in [1.82, 2.24) is 0 Å². The van der Waals surface area contributed by atoms with Crippen LogP contribution in [0.4, 0.5) is 0 Å². The summed E-state index contributed by atoms with van der Waals surface area (Å²) in [6.07, 6.45) is 2.94. The summed E-state index contributed by atoms with van der Waals surface area (Å²) in [5, 5.41) is 0. The van der Waals surface area contributed by atoms with Crippen LogP contribution in [0.1, 0.15) is 12.0 Å². The third-order valence-corrected chi connectivity index (χ3v) is 1.78. The average Bonchev–Trinajstić information content (AvgIpc) is 1.95. The zero-order valence-corrected chi connectivity index (χ0v) is 7.26. The molecule has 1 aromatic carbocycles. The van der Waals surface area contributed by atoms with Crippen molar-refractivity contribution in [3.63, 3.8) is 0 Å². The molecule has 0 N–H and O–H groups in total. The van der Waals surface area contributed by atoms with Crippen LogP contribution in [0.25, 0.3) is 0 Å². The number of halogens is 1. The molecule has 0 fully saturated rings. The minimum absolute atomic E-state index is 0.849. The Morgan fingerprint density at radius 1 is 1.30 bits per heavy atom. The second kappa shape index (κ2) is 3.77. The summed E-state index contributed by atoms with van der Waals surface area (Å²) in [5.74, 6) is 0. The standard InChI is InChI=1S/C9H9Br/c1-2-3-8-4-6-9(10)7-5-8/h3-7H,1-2H2. The normalized spacial score (nSPS) is 9.80. The number of hydrogen-bond acceptors (Lipinski definition) is 0. The van der Waals surface area contributed by atoms with E-state index in [2.05, 4.69) is 41.4 Å². The van der Waals surface area contributed by atoms with E-state index in [9.17, 15) is 0 Å². The average molecular weight is 197 g/mol. The molecule has 0 atom stereocenters. The lowest BCUT2D eigenvalue weighted by Gasteiger charge is -1.95. The molecule has 52 valence electrons. The van der Waals surface area contributed by atoms with Crippen LogP contribution in [-0.2, 0) is 0 Å². The predicted molar refractivity (Wildman–Crippen MR) is 47.5 cm³/mol. The third kappa shape index (κ3) is 2.14. The van der Waals surface area contributed by atoms with Gasteiger partial charge in [0, 0.05) is 4.47 Å². The van der Waals surface area contributed by atoms with Gasteiger partial charge in [0.15, 0.2) is 0 Å². The first-order chi connectivity index (χ1) is 4.83. The molecule has 0 aliphatic carbocycles. The zero-order chi connectivity index (χ0) is 7.40. The maximum atomic E-state index is 3.74. The SMILES string of the molecule is [CH2]C[CH]c1ccc(Br)cc1. The fourth-order valence-corrected chi connectivity index (χ4v) is 1.03. The second-order valence-electron chi connectivity index (χ2n) is 2.04. The van der Waals surface area contributed by atoms with Crippen molar-refractivity contribution in [2.24, 2.45) is 0 Å². The molecule has 0 nitrogen and oxygen atoms in total. The van der Waals surface area contributed by atoms with Gasteiger partial charge in [-0.3, -0.25) is 0 Å². The van der Waals surface area contributed by atoms with E-state index in [0.717, 1.165) is 10.9 Å². The molecular weight excluding hydrogens is 188 g/mol. The van der Waals surface area contributed by atoms with Crippen molar-refractivity contribution in [3.05, 3.63) is 47.6 Å². The van der Waals surface area contributed by atoms with E-state index in [1.807, 2.05) is 12.1 Å². The molecule has 0 bridgehead atoms. The van der Waals surface area contributed by atoms with E-state index in [1.165, 1.54) is 5.56 Å². The first-order valence-corrected chi connectivity index (χ1v) is 4.00. The van der Waals surface area contributed by atoms with Gasteiger partial charge >= 0.3 is 0 Å². The lowest BCUT2D eigenvalue weighted by Crippen LogP contribution is -1.77. The van der Waals surface area contributed by atoms with Gasteiger partial charge in [-0.25, -0.2) is 0 Å². The topological polar surface area (TPSA) is 0 Å². The lowest BCUT2D eigenvalue weighted by atomic mass is 10.1. The molecule has 0 saturated heterocycles. The van der Waals surface area contributed by atoms with Gasteiger partial charge in [-0.15, -0.1) is 0 Å². The smallest absolute Gasteiger partial charge is 0.0175 e. The van der Waals surface area contributed by atoms with Crippen molar-refractivity contribution in [3.8, 4) is 0 Å². The van der Waals surface area contributed by atoms with E-state index in [4.69, 9.17) is 0 Å². The first kappa shape index (κ1) is 7.80. The van der Waals surface area contributed by atoms with Crippen molar-refractivity contribution in [2.75, 3.05) is 0 Å². The van der Waals surface area contributed by atoms with Crippen molar-refractivity contribution in [1.29, 1.82) is 0 Å². The van der Waals surface area contributed by atoms with Crippen LogP contribution in [0.3, 0.4) is 0 Å². The van der Waals surface area contributed by atoms with E-state index < -0.39 is 0 Å². The Balaban J connectivity index is 2.69. The minimum atomic E-state index is 0.849. The summed E-state index contributed by atoms with van der Waals surface area (Å²) in [5.41, 5.74) is 1.23. The number of rotatable bonds is 2. The molecule has 1 rings (SSSR count). The van der Waals surface area contributed by atoms with Gasteiger partial charge in [-0.05, 0) is 30.5 Å². The highest BCUT2D eigenvalue weighted by molar-refractivity contribution is 9.10. The van der Waals surface area contributed by atoms with Gasteiger partial charge in [0.25, 0.3) is 0 Å². The molecule has 10 heavy (non-hydrogen) atoms. The monoisotopic (exact) mass is 196 g/mol. The van der Waals surface area contributed by atoms with Gasteiger partial charge in [0.05, 0.1) is 0 Å². The fourth-order valence-electron chi connectivity index (χ4n) is 0.766. The van der Waals surface area contributed by atoms with E-state index in [-0.39, 0.29) is 0 Å². The summed E-state index contributed by atoms with van der Waals surface area (Å²) in [4.78, 5) is 0. The van der Waals surface area contributed by atoms with Crippen LogP contribution in [0.2, 0.25) is 0 Å². The summed E-state index contributed by atoms with van der Waals surface area (Å²) < 4.78 is 1.12. The summed E-state index contributed by atoms with van der Waals surface area (Å²) in [6, 6.07) is 8.19. The first-order valence-electron chi connectivity index (χ1n) is 3.21. The Morgan fingerprint density at radius 3 is 2.40 bits per heavy atom. The Hall–Kier alpha value is -0.300. The molecule has 1 aromatic rings. The fraction of sp³-hybridized carbons (Fsp3) is 0.111. The molecule has 0 aliphatic heterocycles.